The molecule has 2 N–H and O–H groups in total. The minimum absolute atomic E-state index is 0.391. The maximum absolute atomic E-state index is 11.9. The van der Waals surface area contributed by atoms with Crippen LogP contribution in [-0.4, -0.2) is 10.5 Å². The number of carbonyl (C=O) groups is 1. The zero-order chi connectivity index (χ0) is 16.7. The van der Waals surface area contributed by atoms with Crippen molar-refractivity contribution in [2.24, 2.45) is 5.73 Å². The molecule has 118 valence electrons. The van der Waals surface area contributed by atoms with E-state index in [1.807, 2.05) is 18.2 Å². The molecule has 4 aromatic rings. The molecule has 0 radical (unpaired) electrons. The fourth-order valence-corrected chi connectivity index (χ4v) is 3.90. The highest BCUT2D eigenvalue weighted by atomic mass is 127. The Morgan fingerprint density at radius 1 is 0.958 bits per heavy atom. The second-order valence-corrected chi connectivity index (χ2v) is 7.04. The molecule has 4 heteroatoms. The van der Waals surface area contributed by atoms with Gasteiger partial charge in [-0.15, -0.1) is 0 Å². The average Bonchev–Trinajstić information content (AvgIpc) is 2.89. The zero-order valence-electron chi connectivity index (χ0n) is 12.9. The molecule has 1 amide bonds. The number of para-hydroxylation sites is 1. The number of hydrogen-bond acceptors (Lipinski definition) is 1. The summed E-state index contributed by atoms with van der Waals surface area (Å²) in [4.78, 5) is 11.9. The molecular formula is C20H15IN2O. The van der Waals surface area contributed by atoms with Crippen LogP contribution in [0.15, 0.2) is 66.7 Å². The normalized spacial score (nSPS) is 11.2. The van der Waals surface area contributed by atoms with Crippen molar-refractivity contribution >= 4 is 50.3 Å². The molecule has 0 fully saturated rings. The Labute approximate surface area is 153 Å². The number of nitrogens with two attached hydrogens (primary N) is 1. The van der Waals surface area contributed by atoms with Crippen molar-refractivity contribution in [3.8, 4) is 0 Å². The molecule has 0 bridgehead atoms. The minimum atomic E-state index is -0.391. The second-order valence-electron chi connectivity index (χ2n) is 5.80. The van der Waals surface area contributed by atoms with Gasteiger partial charge in [-0.1, -0.05) is 36.4 Å². The van der Waals surface area contributed by atoms with E-state index in [0.29, 0.717) is 5.56 Å². The molecule has 0 saturated carbocycles. The van der Waals surface area contributed by atoms with Gasteiger partial charge in [0.2, 0.25) is 5.91 Å². The summed E-state index contributed by atoms with van der Waals surface area (Å²) in [5.74, 6) is -0.391. The van der Waals surface area contributed by atoms with E-state index >= 15 is 0 Å². The van der Waals surface area contributed by atoms with Crippen LogP contribution in [0.25, 0.3) is 21.8 Å². The maximum atomic E-state index is 11.9. The van der Waals surface area contributed by atoms with Gasteiger partial charge in [-0.05, 0) is 58.5 Å². The number of rotatable bonds is 3. The molecule has 0 saturated heterocycles. The molecule has 0 spiro atoms. The summed E-state index contributed by atoms with van der Waals surface area (Å²) in [6.07, 6.45) is 0. The van der Waals surface area contributed by atoms with E-state index in [4.69, 9.17) is 5.73 Å². The average molecular weight is 426 g/mol. The summed E-state index contributed by atoms with van der Waals surface area (Å²) in [5.41, 5.74) is 9.55. The number of halogens is 1. The summed E-state index contributed by atoms with van der Waals surface area (Å²) < 4.78 is 3.46. The smallest absolute Gasteiger partial charge is 0.249 e. The first-order chi connectivity index (χ1) is 11.6. The van der Waals surface area contributed by atoms with Crippen LogP contribution in [0.5, 0.6) is 0 Å². The van der Waals surface area contributed by atoms with Gasteiger partial charge in [0.15, 0.2) is 0 Å². The Bertz CT molecular complexity index is 1080. The van der Waals surface area contributed by atoms with Gasteiger partial charge in [0.05, 0.1) is 5.52 Å². The highest BCUT2D eigenvalue weighted by molar-refractivity contribution is 14.1. The molecular weight excluding hydrogens is 411 g/mol. The third-order valence-corrected chi connectivity index (χ3v) is 4.96. The lowest BCUT2D eigenvalue weighted by Crippen LogP contribution is -2.11. The van der Waals surface area contributed by atoms with Crippen molar-refractivity contribution in [3.05, 3.63) is 81.4 Å². The van der Waals surface area contributed by atoms with Crippen molar-refractivity contribution in [3.63, 3.8) is 0 Å². The second kappa shape index (κ2) is 5.94. The molecule has 4 rings (SSSR count). The SMILES string of the molecule is NC(=O)c1cccc2c1c1ccccc1n2Cc1cccc(I)c1. The standard InChI is InChI=1S/C20H15IN2O/c21-14-6-3-5-13(11-14)12-23-17-9-2-1-7-15(17)19-16(20(22)24)8-4-10-18(19)23/h1-11H,12H2,(H2,22,24). The molecule has 3 aromatic carbocycles. The van der Waals surface area contributed by atoms with Gasteiger partial charge >= 0.3 is 0 Å². The molecule has 24 heavy (non-hydrogen) atoms. The predicted octanol–water partition coefficient (Wildman–Crippen LogP) is 4.55. The van der Waals surface area contributed by atoms with Crippen LogP contribution >= 0.6 is 22.6 Å². The van der Waals surface area contributed by atoms with Crippen molar-refractivity contribution in [2.75, 3.05) is 0 Å². The molecule has 0 unspecified atom stereocenters. The van der Waals surface area contributed by atoms with Gasteiger partial charge in [0, 0.05) is 32.0 Å². The Morgan fingerprint density at radius 3 is 2.50 bits per heavy atom. The van der Waals surface area contributed by atoms with E-state index < -0.39 is 5.91 Å². The van der Waals surface area contributed by atoms with Crippen LogP contribution in [0.1, 0.15) is 15.9 Å². The first kappa shape index (κ1) is 15.2. The molecule has 0 atom stereocenters. The summed E-state index contributed by atoms with van der Waals surface area (Å²) in [6, 6.07) is 22.4. The largest absolute Gasteiger partial charge is 0.366 e. The maximum Gasteiger partial charge on any atom is 0.249 e. The molecule has 1 aromatic heterocycles. The first-order valence-electron chi connectivity index (χ1n) is 7.69. The summed E-state index contributed by atoms with van der Waals surface area (Å²) in [6.45, 7) is 0.753. The van der Waals surface area contributed by atoms with E-state index in [1.54, 1.807) is 6.07 Å². The van der Waals surface area contributed by atoms with E-state index in [-0.39, 0.29) is 0 Å². The molecule has 1 heterocycles. The number of fused-ring (bicyclic) bond motifs is 3. The number of carbonyl (C=O) groups excluding carboxylic acids is 1. The van der Waals surface area contributed by atoms with Crippen molar-refractivity contribution in [1.29, 1.82) is 0 Å². The van der Waals surface area contributed by atoms with Gasteiger partial charge < -0.3 is 10.3 Å². The van der Waals surface area contributed by atoms with E-state index in [0.717, 1.165) is 28.4 Å². The highest BCUT2D eigenvalue weighted by Crippen LogP contribution is 2.32. The predicted molar refractivity (Wildman–Crippen MR) is 106 cm³/mol. The monoisotopic (exact) mass is 426 g/mol. The molecule has 3 nitrogen and oxygen atoms in total. The number of nitrogens with zero attached hydrogens (tertiary/aromatic N) is 1. The van der Waals surface area contributed by atoms with E-state index in [2.05, 4.69) is 69.6 Å². The van der Waals surface area contributed by atoms with Gasteiger partial charge in [-0.2, -0.15) is 0 Å². The fourth-order valence-electron chi connectivity index (χ4n) is 3.29. The van der Waals surface area contributed by atoms with E-state index in [1.165, 1.54) is 9.13 Å². The molecule has 0 aliphatic rings. The molecule has 0 aliphatic heterocycles. The quantitative estimate of drug-likeness (QED) is 0.481. The number of aromatic nitrogens is 1. The lowest BCUT2D eigenvalue weighted by molar-refractivity contribution is 0.100. The van der Waals surface area contributed by atoms with Crippen molar-refractivity contribution in [1.82, 2.24) is 4.57 Å². The van der Waals surface area contributed by atoms with Gasteiger partial charge in [0.1, 0.15) is 0 Å². The lowest BCUT2D eigenvalue weighted by Gasteiger charge is -2.08. The lowest BCUT2D eigenvalue weighted by atomic mass is 10.1. The summed E-state index contributed by atoms with van der Waals surface area (Å²) in [7, 11) is 0. The third-order valence-electron chi connectivity index (χ3n) is 4.29. The van der Waals surface area contributed by atoms with Crippen LogP contribution in [0.2, 0.25) is 0 Å². The zero-order valence-corrected chi connectivity index (χ0v) is 15.0. The van der Waals surface area contributed by atoms with Gasteiger partial charge in [-0.25, -0.2) is 0 Å². The number of amides is 1. The highest BCUT2D eigenvalue weighted by Gasteiger charge is 2.16. The summed E-state index contributed by atoms with van der Waals surface area (Å²) in [5, 5.41) is 2.00. The molecule has 0 aliphatic carbocycles. The van der Waals surface area contributed by atoms with Crippen molar-refractivity contribution < 1.29 is 4.79 Å². The Hall–Kier alpha value is -2.34. The first-order valence-corrected chi connectivity index (χ1v) is 8.77. The fraction of sp³-hybridized carbons (Fsp3) is 0.0500. The van der Waals surface area contributed by atoms with Crippen LogP contribution < -0.4 is 5.73 Å². The number of hydrogen-bond donors (Lipinski definition) is 1. The van der Waals surface area contributed by atoms with Crippen LogP contribution in [-0.2, 0) is 6.54 Å². The third kappa shape index (κ3) is 2.47. The van der Waals surface area contributed by atoms with Crippen LogP contribution in [0.4, 0.5) is 0 Å². The minimum Gasteiger partial charge on any atom is -0.366 e. The Balaban J connectivity index is 2.03. The van der Waals surface area contributed by atoms with Gasteiger partial charge in [-0.3, -0.25) is 4.79 Å². The Kier molecular flexibility index (Phi) is 3.76. The van der Waals surface area contributed by atoms with Crippen LogP contribution in [0, 0.1) is 3.57 Å². The Morgan fingerprint density at radius 2 is 1.71 bits per heavy atom. The summed E-state index contributed by atoms with van der Waals surface area (Å²) >= 11 is 2.33. The topological polar surface area (TPSA) is 48.0 Å². The van der Waals surface area contributed by atoms with E-state index in [9.17, 15) is 4.79 Å². The number of benzene rings is 3. The van der Waals surface area contributed by atoms with Gasteiger partial charge in [0.25, 0.3) is 0 Å². The van der Waals surface area contributed by atoms with Crippen LogP contribution in [0.3, 0.4) is 0 Å². The number of primary amides is 1. The van der Waals surface area contributed by atoms with Crippen molar-refractivity contribution in [2.45, 2.75) is 6.54 Å².